The number of aryl methyl sites for hydroxylation is 6. The second-order valence-corrected chi connectivity index (χ2v) is 47.0. The Kier molecular flexibility index (Phi) is 47.1. The van der Waals surface area contributed by atoms with Gasteiger partial charge in [-0.2, -0.15) is 0 Å². The van der Waals surface area contributed by atoms with E-state index in [9.17, 15) is 0 Å². The molecular weight excluding hydrogens is 1730 g/mol. The van der Waals surface area contributed by atoms with Crippen LogP contribution in [0.4, 0.5) is 0 Å². The number of H-pyrrole nitrogens is 6. The molecule has 0 fully saturated rings. The van der Waals surface area contributed by atoms with E-state index >= 15 is 0 Å². The van der Waals surface area contributed by atoms with Crippen LogP contribution in [0, 0.1) is 41.5 Å². The average molecular weight is 1790 g/mol. The number of aromatic nitrogens is 12. The Hall–Kier alpha value is -0.801. The van der Waals surface area contributed by atoms with Crippen LogP contribution in [0.25, 0.3) is 0 Å². The van der Waals surface area contributed by atoms with Crippen LogP contribution < -0.4 is 51.3 Å². The maximum absolute atomic E-state index is 4.50. The van der Waals surface area contributed by atoms with Crippen LogP contribution in [0.1, 0.15) is 69.1 Å². The van der Waals surface area contributed by atoms with Gasteiger partial charge in [0.05, 0.1) is 73.4 Å². The number of hydrogen-bond donors (Lipinski definition) is 6. The van der Waals surface area contributed by atoms with Crippen molar-refractivity contribution in [3.63, 3.8) is 0 Å². The van der Waals surface area contributed by atoms with Gasteiger partial charge in [-0.1, -0.05) is 0 Å². The first-order valence-electron chi connectivity index (χ1n) is 21.3. The molecule has 20 nitrogen and oxygen atoms in total. The molecule has 400 valence electrons. The van der Waals surface area contributed by atoms with E-state index in [0.717, 1.165) is 108 Å². The van der Waals surface area contributed by atoms with Gasteiger partial charge in [0, 0.05) is 114 Å². The SMILES string of the molecule is Cc1nc(C=NCCN(CCN=Cc2c[nH]c(C)n2)CCN=Cc2c[nH]c(C)n2)c[nH]1.Cc1nc(C=NCCN(CCN=Cc2c[nH]c(C)n2)CCN=Cc2c[nH]c(C)n2)c[nH]1.I[I-]I.I[I-]I.[Cl-].[Cl-].[Fe+2].[Fe+2]. The fourth-order valence-electron chi connectivity index (χ4n) is 5.83. The van der Waals surface area contributed by atoms with Crippen LogP contribution in [0.5, 0.6) is 0 Å². The number of nitrogens with zero attached hydrogens (tertiary/aromatic N) is 14. The molecule has 0 aliphatic rings. The van der Waals surface area contributed by atoms with Gasteiger partial charge in [0.1, 0.15) is 34.9 Å². The third-order valence-corrected chi connectivity index (χ3v) is 8.97. The first-order valence-corrected chi connectivity index (χ1v) is 46.4. The Labute approximate surface area is 515 Å². The summed E-state index contributed by atoms with van der Waals surface area (Å²) in [5.74, 6) is 5.32. The van der Waals surface area contributed by atoms with Crippen molar-refractivity contribution in [2.24, 2.45) is 30.0 Å². The molecule has 0 aliphatic heterocycles. The standard InChI is InChI=1S/2C21H30N10.2ClH.2Fe.2I3/c2*1-16-25-13-19(28-16)10-22-4-7-31(8-5-23-11-20-14-26-17(2)29-20)9-6-24-12-21-15-27-18(3)30-21;;;;;2*1-3-2/h2*10-15H,4-9H2,1-3H3,(H,25,28)(H,26,29)(H,27,30);2*1H;;;;/q;;;;2*+2;2*-1/p-2. The van der Waals surface area contributed by atoms with E-state index in [1.165, 1.54) is 0 Å². The van der Waals surface area contributed by atoms with Crippen LogP contribution in [0.15, 0.2) is 67.1 Å². The monoisotopic (exact) mass is 1790 g/mol. The van der Waals surface area contributed by atoms with Crippen LogP contribution in [0.2, 0.25) is 0 Å². The number of aromatic amines is 6. The van der Waals surface area contributed by atoms with Gasteiger partial charge < -0.3 is 54.7 Å². The second-order valence-electron chi connectivity index (χ2n) is 14.5. The Morgan fingerprint density at radius 1 is 0.361 bits per heavy atom. The minimum Gasteiger partial charge on any atom is -1.00 e. The van der Waals surface area contributed by atoms with Gasteiger partial charge in [0.2, 0.25) is 0 Å². The predicted octanol–water partition coefficient (Wildman–Crippen LogP) is -4.97. The smallest absolute Gasteiger partial charge is 1.00 e. The normalized spacial score (nSPS) is 11.3. The van der Waals surface area contributed by atoms with E-state index in [-0.39, 0.29) is 59.0 Å². The van der Waals surface area contributed by atoms with Gasteiger partial charge in [-0.25, -0.2) is 29.9 Å². The number of rotatable bonds is 24. The van der Waals surface area contributed by atoms with Crippen LogP contribution in [0.3, 0.4) is 0 Å². The average Bonchev–Trinajstić information content (AvgIpc) is 4.20. The summed E-state index contributed by atoms with van der Waals surface area (Å²) in [6, 6.07) is 0. The molecule has 0 atom stereocenters. The topological polar surface area (TPSA) is 253 Å². The van der Waals surface area contributed by atoms with Crippen molar-refractivity contribution in [1.82, 2.24) is 69.6 Å². The van der Waals surface area contributed by atoms with E-state index in [1.54, 1.807) is 37.3 Å². The van der Waals surface area contributed by atoms with E-state index < -0.39 is 0 Å². The number of imidazole rings is 6. The fraction of sp³-hybridized carbons (Fsp3) is 0.429. The summed E-state index contributed by atoms with van der Waals surface area (Å²) in [7, 11) is 0. The maximum atomic E-state index is 4.50. The molecule has 0 aliphatic carbocycles. The number of halogens is 8. The van der Waals surface area contributed by atoms with Crippen molar-refractivity contribution >= 4 is 112 Å². The van der Waals surface area contributed by atoms with Crippen molar-refractivity contribution in [2.75, 3.05) is 78.5 Å². The summed E-state index contributed by atoms with van der Waals surface area (Å²) < 4.78 is 0. The molecule has 30 heteroatoms. The van der Waals surface area contributed by atoms with Gasteiger partial charge in [0.15, 0.2) is 0 Å². The molecule has 6 aromatic heterocycles. The largest absolute Gasteiger partial charge is 2.00 e. The summed E-state index contributed by atoms with van der Waals surface area (Å²) in [5, 5.41) is 0. The van der Waals surface area contributed by atoms with Gasteiger partial charge >= 0.3 is 135 Å². The number of hydrogen-bond acceptors (Lipinski definition) is 14. The van der Waals surface area contributed by atoms with Crippen molar-refractivity contribution in [3.8, 4) is 0 Å². The molecule has 0 unspecified atom stereocenters. The molecule has 0 spiro atoms. The molecule has 0 amide bonds. The Morgan fingerprint density at radius 3 is 0.611 bits per heavy atom. The molecule has 0 saturated heterocycles. The minimum atomic E-state index is 0. The van der Waals surface area contributed by atoms with Crippen LogP contribution >= 0.6 is 74.5 Å². The summed E-state index contributed by atoms with van der Waals surface area (Å²) in [5.41, 5.74) is 5.09. The molecule has 0 bridgehead atoms. The molecule has 6 aromatic rings. The zero-order chi connectivity index (χ0) is 49.2. The Bertz CT molecular complexity index is 2010. The molecule has 0 saturated carbocycles. The molecule has 6 heterocycles. The molecule has 6 rings (SSSR count). The molecule has 0 radical (unpaired) electrons. The Balaban J connectivity index is 0. The van der Waals surface area contributed by atoms with Gasteiger partial charge in [0.25, 0.3) is 0 Å². The molecule has 6 N–H and O–H groups in total. The second kappa shape index (κ2) is 46.3. The van der Waals surface area contributed by atoms with Gasteiger partial charge in [-0.05, 0) is 41.5 Å². The zero-order valence-corrected chi connectivity index (χ0v) is 57.1. The summed E-state index contributed by atoms with van der Waals surface area (Å²) >= 11 is 10.6. The first kappa shape index (κ1) is 73.3. The van der Waals surface area contributed by atoms with Crippen molar-refractivity contribution in [1.29, 1.82) is 0 Å². The van der Waals surface area contributed by atoms with Crippen molar-refractivity contribution in [3.05, 3.63) is 106 Å². The summed E-state index contributed by atoms with van der Waals surface area (Å²) in [6.07, 6.45) is 21.9. The van der Waals surface area contributed by atoms with E-state index in [1.807, 2.05) is 78.7 Å². The molecular formula is C42H60Cl2Fe2I6N20. The number of nitrogens with one attached hydrogen (secondary N) is 6. The molecule has 0 aromatic carbocycles. The fourth-order valence-corrected chi connectivity index (χ4v) is 5.83. The summed E-state index contributed by atoms with van der Waals surface area (Å²) in [4.78, 5) is 76.0. The summed E-state index contributed by atoms with van der Waals surface area (Å²) in [6.45, 7) is 20.7. The van der Waals surface area contributed by atoms with Gasteiger partial charge in [-0.15, -0.1) is 0 Å². The van der Waals surface area contributed by atoms with E-state index in [0.29, 0.717) is 65.8 Å². The number of aliphatic imine (C=N–C) groups is 6. The Morgan fingerprint density at radius 2 is 0.500 bits per heavy atom. The minimum absolute atomic E-state index is 0. The van der Waals surface area contributed by atoms with E-state index in [4.69, 9.17) is 0 Å². The first-order chi connectivity index (χ1) is 33.0. The van der Waals surface area contributed by atoms with Crippen molar-refractivity contribution < 1.29 is 85.5 Å². The third-order valence-electron chi connectivity index (χ3n) is 8.97. The zero-order valence-electron chi connectivity index (χ0n) is 40.4. The maximum Gasteiger partial charge on any atom is 2.00 e. The van der Waals surface area contributed by atoms with Gasteiger partial charge in [-0.3, -0.25) is 39.8 Å². The predicted molar refractivity (Wildman–Crippen MR) is 304 cm³/mol. The quantitative estimate of drug-likeness (QED) is 0.0194. The molecule has 72 heavy (non-hydrogen) atoms. The van der Waals surface area contributed by atoms with Crippen molar-refractivity contribution in [2.45, 2.75) is 41.5 Å². The van der Waals surface area contributed by atoms with Crippen LogP contribution in [-0.4, -0.2) is 185 Å². The van der Waals surface area contributed by atoms with Crippen LogP contribution in [-0.2, 0) is 34.1 Å². The van der Waals surface area contributed by atoms with E-state index in [2.05, 4.69) is 174 Å². The third kappa shape index (κ3) is 35.5.